The number of nitrogens with zero attached hydrogens (tertiary/aromatic N) is 2. The SMILES string of the molecule is CCCn1nccc1C(N)c1cc(Cl)ccc1F. The van der Waals surface area contributed by atoms with Crippen molar-refractivity contribution < 1.29 is 4.39 Å². The molecule has 2 aromatic rings. The van der Waals surface area contributed by atoms with Gasteiger partial charge in [0.05, 0.1) is 11.7 Å². The molecule has 0 saturated carbocycles. The van der Waals surface area contributed by atoms with Crippen LogP contribution >= 0.6 is 11.6 Å². The maximum Gasteiger partial charge on any atom is 0.128 e. The Kier molecular flexibility index (Phi) is 3.99. The standard InChI is InChI=1S/C13H15ClFN3/c1-2-7-18-12(5-6-17-18)13(16)10-8-9(14)3-4-11(10)15/h3-6,8,13H,2,7,16H2,1H3. The highest BCUT2D eigenvalue weighted by Gasteiger charge is 2.17. The second-order valence-electron chi connectivity index (χ2n) is 4.12. The van der Waals surface area contributed by atoms with Gasteiger partial charge < -0.3 is 5.73 Å². The summed E-state index contributed by atoms with van der Waals surface area (Å²) in [6, 6.07) is 5.65. The summed E-state index contributed by atoms with van der Waals surface area (Å²) >= 11 is 5.88. The number of aromatic nitrogens is 2. The van der Waals surface area contributed by atoms with Gasteiger partial charge in [0.25, 0.3) is 0 Å². The molecule has 1 unspecified atom stereocenters. The van der Waals surface area contributed by atoms with Crippen molar-refractivity contribution in [3.05, 3.63) is 52.6 Å². The van der Waals surface area contributed by atoms with Crippen LogP contribution in [0.3, 0.4) is 0 Å². The third-order valence-electron chi connectivity index (χ3n) is 2.80. The van der Waals surface area contributed by atoms with E-state index in [0.717, 1.165) is 18.7 Å². The average Bonchev–Trinajstić information content (AvgIpc) is 2.80. The van der Waals surface area contributed by atoms with E-state index >= 15 is 0 Å². The van der Waals surface area contributed by atoms with Gasteiger partial charge in [0.1, 0.15) is 5.82 Å². The van der Waals surface area contributed by atoms with E-state index in [1.807, 2.05) is 0 Å². The molecule has 0 fully saturated rings. The average molecular weight is 268 g/mol. The predicted octanol–water partition coefficient (Wildman–Crippen LogP) is 3.13. The van der Waals surface area contributed by atoms with E-state index in [2.05, 4.69) is 12.0 Å². The van der Waals surface area contributed by atoms with Crippen LogP contribution in [0.1, 0.15) is 30.6 Å². The van der Waals surface area contributed by atoms with Gasteiger partial charge in [-0.15, -0.1) is 0 Å². The molecule has 18 heavy (non-hydrogen) atoms. The summed E-state index contributed by atoms with van der Waals surface area (Å²) in [4.78, 5) is 0. The molecule has 2 N–H and O–H groups in total. The maximum absolute atomic E-state index is 13.8. The fourth-order valence-electron chi connectivity index (χ4n) is 1.92. The lowest BCUT2D eigenvalue weighted by Gasteiger charge is -2.15. The fraction of sp³-hybridized carbons (Fsp3) is 0.308. The van der Waals surface area contributed by atoms with Gasteiger partial charge >= 0.3 is 0 Å². The third-order valence-corrected chi connectivity index (χ3v) is 3.03. The zero-order valence-corrected chi connectivity index (χ0v) is 10.9. The minimum atomic E-state index is -0.558. The Morgan fingerprint density at radius 1 is 1.44 bits per heavy atom. The monoisotopic (exact) mass is 267 g/mol. The third kappa shape index (κ3) is 2.54. The van der Waals surface area contributed by atoms with Crippen LogP contribution in [0, 0.1) is 5.82 Å². The van der Waals surface area contributed by atoms with E-state index in [1.165, 1.54) is 12.1 Å². The van der Waals surface area contributed by atoms with Crippen LogP contribution in [0.25, 0.3) is 0 Å². The summed E-state index contributed by atoms with van der Waals surface area (Å²) < 4.78 is 15.6. The Hall–Kier alpha value is -1.39. The van der Waals surface area contributed by atoms with Gasteiger partial charge in [-0.25, -0.2) is 4.39 Å². The van der Waals surface area contributed by atoms with Crippen LogP contribution in [-0.2, 0) is 6.54 Å². The van der Waals surface area contributed by atoms with Gasteiger partial charge in [-0.3, -0.25) is 4.68 Å². The van der Waals surface area contributed by atoms with Gasteiger partial charge in [0.2, 0.25) is 0 Å². The summed E-state index contributed by atoms with van der Waals surface area (Å²) in [6.45, 7) is 2.81. The largest absolute Gasteiger partial charge is 0.319 e. The molecule has 1 aromatic carbocycles. The maximum atomic E-state index is 13.8. The van der Waals surface area contributed by atoms with Crippen LogP contribution in [0.15, 0.2) is 30.5 Å². The first-order valence-electron chi connectivity index (χ1n) is 5.85. The molecule has 0 aliphatic rings. The number of nitrogens with two attached hydrogens (primary N) is 1. The van der Waals surface area contributed by atoms with Crippen LogP contribution in [-0.4, -0.2) is 9.78 Å². The van der Waals surface area contributed by atoms with Crippen molar-refractivity contribution in [2.24, 2.45) is 5.73 Å². The summed E-state index contributed by atoms with van der Waals surface area (Å²) in [5.41, 5.74) is 7.28. The predicted molar refractivity (Wildman–Crippen MR) is 70.0 cm³/mol. The first-order valence-corrected chi connectivity index (χ1v) is 6.23. The molecule has 0 saturated heterocycles. The Bertz CT molecular complexity index is 539. The van der Waals surface area contributed by atoms with Gasteiger partial charge in [-0.1, -0.05) is 18.5 Å². The molecule has 0 spiro atoms. The molecular formula is C13H15ClFN3. The Labute approximate surface area is 110 Å². The van der Waals surface area contributed by atoms with Gasteiger partial charge in [-0.05, 0) is 30.7 Å². The number of halogens is 2. The van der Waals surface area contributed by atoms with Gasteiger partial charge in [0.15, 0.2) is 0 Å². The van der Waals surface area contributed by atoms with Crippen LogP contribution in [0.5, 0.6) is 0 Å². The highest BCUT2D eigenvalue weighted by atomic mass is 35.5. The van der Waals surface area contributed by atoms with Crippen molar-refractivity contribution in [2.75, 3.05) is 0 Å². The van der Waals surface area contributed by atoms with E-state index in [0.29, 0.717) is 10.6 Å². The Balaban J connectivity index is 2.38. The first-order chi connectivity index (χ1) is 8.63. The highest BCUT2D eigenvalue weighted by molar-refractivity contribution is 6.30. The molecule has 3 nitrogen and oxygen atoms in total. The second-order valence-corrected chi connectivity index (χ2v) is 4.56. The second kappa shape index (κ2) is 5.50. The number of hydrogen-bond acceptors (Lipinski definition) is 2. The topological polar surface area (TPSA) is 43.8 Å². The Morgan fingerprint density at radius 2 is 2.22 bits per heavy atom. The van der Waals surface area contributed by atoms with Gasteiger partial charge in [-0.2, -0.15) is 5.10 Å². The van der Waals surface area contributed by atoms with Crippen molar-refractivity contribution in [3.63, 3.8) is 0 Å². The summed E-state index contributed by atoms with van der Waals surface area (Å²) in [7, 11) is 0. The molecule has 0 aliphatic carbocycles. The van der Waals surface area contributed by atoms with E-state index in [1.54, 1.807) is 23.0 Å². The molecule has 0 aliphatic heterocycles. The molecule has 1 aromatic heterocycles. The zero-order valence-electron chi connectivity index (χ0n) is 10.1. The molecule has 0 radical (unpaired) electrons. The normalized spacial score (nSPS) is 12.7. The first kappa shape index (κ1) is 13.1. The molecule has 1 atom stereocenters. The minimum Gasteiger partial charge on any atom is -0.319 e. The lowest BCUT2D eigenvalue weighted by molar-refractivity contribution is 0.545. The van der Waals surface area contributed by atoms with E-state index < -0.39 is 6.04 Å². The molecule has 5 heteroatoms. The Morgan fingerprint density at radius 3 is 2.94 bits per heavy atom. The lowest BCUT2D eigenvalue weighted by Crippen LogP contribution is -2.18. The molecule has 0 amide bonds. The smallest absolute Gasteiger partial charge is 0.128 e. The van der Waals surface area contributed by atoms with E-state index in [9.17, 15) is 4.39 Å². The van der Waals surface area contributed by atoms with Crippen LogP contribution in [0.2, 0.25) is 5.02 Å². The summed E-state index contributed by atoms with van der Waals surface area (Å²) in [6.07, 6.45) is 2.62. The fourth-order valence-corrected chi connectivity index (χ4v) is 2.10. The number of benzene rings is 1. The molecule has 0 bridgehead atoms. The molecule has 1 heterocycles. The molecular weight excluding hydrogens is 253 g/mol. The quantitative estimate of drug-likeness (QED) is 0.925. The van der Waals surface area contributed by atoms with Crippen molar-refractivity contribution in [3.8, 4) is 0 Å². The number of aryl methyl sites for hydroxylation is 1. The van der Waals surface area contributed by atoms with Crippen LogP contribution in [0.4, 0.5) is 4.39 Å². The van der Waals surface area contributed by atoms with E-state index in [-0.39, 0.29) is 5.82 Å². The highest BCUT2D eigenvalue weighted by Crippen LogP contribution is 2.25. The van der Waals surface area contributed by atoms with Crippen molar-refractivity contribution >= 4 is 11.6 Å². The van der Waals surface area contributed by atoms with Gasteiger partial charge in [0, 0.05) is 23.3 Å². The van der Waals surface area contributed by atoms with Crippen molar-refractivity contribution in [1.29, 1.82) is 0 Å². The zero-order chi connectivity index (χ0) is 13.1. The molecule has 2 rings (SSSR count). The lowest BCUT2D eigenvalue weighted by atomic mass is 10.0. The minimum absolute atomic E-state index is 0.351. The number of hydrogen-bond donors (Lipinski definition) is 1. The van der Waals surface area contributed by atoms with Crippen molar-refractivity contribution in [1.82, 2.24) is 9.78 Å². The summed E-state index contributed by atoms with van der Waals surface area (Å²) in [5, 5.41) is 4.66. The van der Waals surface area contributed by atoms with Crippen LogP contribution < -0.4 is 5.73 Å². The summed E-state index contributed by atoms with van der Waals surface area (Å²) in [5.74, 6) is -0.351. The van der Waals surface area contributed by atoms with Crippen molar-refractivity contribution in [2.45, 2.75) is 25.9 Å². The molecule has 96 valence electrons. The number of rotatable bonds is 4. The van der Waals surface area contributed by atoms with E-state index in [4.69, 9.17) is 17.3 Å².